The van der Waals surface area contributed by atoms with Gasteiger partial charge in [-0.3, -0.25) is 4.79 Å². The number of aldehydes is 1. The van der Waals surface area contributed by atoms with Crippen molar-refractivity contribution in [1.82, 2.24) is 5.16 Å². The first-order valence-corrected chi connectivity index (χ1v) is 7.20. The number of carbonyl (C=O) groups excluding carboxylic acids is 2. The first-order chi connectivity index (χ1) is 9.52. The van der Waals surface area contributed by atoms with Crippen LogP contribution in [0.3, 0.4) is 0 Å². The molecule has 1 atom stereocenters. The van der Waals surface area contributed by atoms with E-state index in [0.29, 0.717) is 5.76 Å². The van der Waals surface area contributed by atoms with Crippen molar-refractivity contribution in [2.45, 2.75) is 39.5 Å². The Kier molecular flexibility index (Phi) is 4.57. The standard InChI is InChI=1S/C15H22N2O3/c1-10(2)15(11(3)19)13-8-14(16-20-13)17-6-4-12(9-18)5-7-17/h8-10,12,15H,4-7H2,1-3H3. The van der Waals surface area contributed by atoms with Gasteiger partial charge in [-0.25, -0.2) is 0 Å². The van der Waals surface area contributed by atoms with Gasteiger partial charge in [0.1, 0.15) is 17.8 Å². The lowest BCUT2D eigenvalue weighted by Gasteiger charge is -2.29. The average molecular weight is 278 g/mol. The second kappa shape index (κ2) is 6.20. The molecule has 2 rings (SSSR count). The average Bonchev–Trinajstić information content (AvgIpc) is 2.87. The fourth-order valence-electron chi connectivity index (χ4n) is 2.84. The maximum Gasteiger partial charge on any atom is 0.172 e. The Morgan fingerprint density at radius 2 is 2.10 bits per heavy atom. The second-order valence-corrected chi connectivity index (χ2v) is 5.88. The molecule has 0 aromatic carbocycles. The number of nitrogens with zero attached hydrogens (tertiary/aromatic N) is 2. The fourth-order valence-corrected chi connectivity index (χ4v) is 2.84. The van der Waals surface area contributed by atoms with E-state index in [1.54, 1.807) is 6.92 Å². The van der Waals surface area contributed by atoms with E-state index in [9.17, 15) is 9.59 Å². The minimum Gasteiger partial charge on any atom is -0.358 e. The van der Waals surface area contributed by atoms with E-state index in [1.165, 1.54) is 0 Å². The fraction of sp³-hybridized carbons (Fsp3) is 0.667. The summed E-state index contributed by atoms with van der Waals surface area (Å²) in [6, 6.07) is 1.87. The molecule has 0 saturated carbocycles. The van der Waals surface area contributed by atoms with E-state index >= 15 is 0 Å². The molecular formula is C15H22N2O3. The maximum absolute atomic E-state index is 11.7. The van der Waals surface area contributed by atoms with Gasteiger partial charge in [0, 0.05) is 25.1 Å². The molecule has 5 nitrogen and oxygen atoms in total. The van der Waals surface area contributed by atoms with Crippen molar-refractivity contribution in [3.8, 4) is 0 Å². The van der Waals surface area contributed by atoms with Gasteiger partial charge >= 0.3 is 0 Å². The highest BCUT2D eigenvalue weighted by molar-refractivity contribution is 5.83. The van der Waals surface area contributed by atoms with Crippen molar-refractivity contribution in [1.29, 1.82) is 0 Å². The van der Waals surface area contributed by atoms with Gasteiger partial charge in [-0.1, -0.05) is 19.0 Å². The molecular weight excluding hydrogens is 256 g/mol. The van der Waals surface area contributed by atoms with Gasteiger partial charge in [0.15, 0.2) is 5.82 Å². The van der Waals surface area contributed by atoms with Crippen LogP contribution in [0.2, 0.25) is 0 Å². The SMILES string of the molecule is CC(=O)C(c1cc(N2CCC(C=O)CC2)no1)C(C)C. The zero-order valence-electron chi connectivity index (χ0n) is 12.3. The van der Waals surface area contributed by atoms with Crippen molar-refractivity contribution in [3.63, 3.8) is 0 Å². The van der Waals surface area contributed by atoms with Crippen molar-refractivity contribution >= 4 is 17.9 Å². The predicted octanol–water partition coefficient (Wildman–Crippen LogP) is 2.42. The number of aromatic nitrogens is 1. The third-order valence-corrected chi connectivity index (χ3v) is 3.98. The Labute approximate surface area is 119 Å². The summed E-state index contributed by atoms with van der Waals surface area (Å²) in [5.74, 6) is 1.63. The lowest BCUT2D eigenvalue weighted by Crippen LogP contribution is -2.34. The van der Waals surface area contributed by atoms with Crippen molar-refractivity contribution in [2.75, 3.05) is 18.0 Å². The molecule has 1 aliphatic heterocycles. The van der Waals surface area contributed by atoms with Crippen LogP contribution in [0.25, 0.3) is 0 Å². The van der Waals surface area contributed by atoms with Gasteiger partial charge < -0.3 is 14.2 Å². The second-order valence-electron chi connectivity index (χ2n) is 5.88. The molecule has 1 aromatic rings. The monoisotopic (exact) mass is 278 g/mol. The molecule has 2 heterocycles. The molecule has 0 bridgehead atoms. The highest BCUT2D eigenvalue weighted by atomic mass is 16.5. The molecule has 1 unspecified atom stereocenters. The van der Waals surface area contributed by atoms with E-state index < -0.39 is 0 Å². The molecule has 110 valence electrons. The summed E-state index contributed by atoms with van der Waals surface area (Å²) in [5, 5.41) is 4.09. The quantitative estimate of drug-likeness (QED) is 0.774. The minimum absolute atomic E-state index is 0.0994. The molecule has 1 aromatic heterocycles. The van der Waals surface area contributed by atoms with Crippen LogP contribution in [0.4, 0.5) is 5.82 Å². The number of rotatable bonds is 5. The lowest BCUT2D eigenvalue weighted by molar-refractivity contribution is -0.119. The first kappa shape index (κ1) is 14.8. The molecule has 1 fully saturated rings. The van der Waals surface area contributed by atoms with Gasteiger partial charge in [-0.2, -0.15) is 0 Å². The van der Waals surface area contributed by atoms with Crippen LogP contribution >= 0.6 is 0 Å². The van der Waals surface area contributed by atoms with Crippen LogP contribution in [0.15, 0.2) is 10.6 Å². The zero-order valence-corrected chi connectivity index (χ0v) is 12.3. The van der Waals surface area contributed by atoms with Gasteiger partial charge in [-0.05, 0) is 25.7 Å². The number of anilines is 1. The molecule has 0 amide bonds. The Balaban J connectivity index is 2.09. The number of ketones is 1. The van der Waals surface area contributed by atoms with Crippen molar-refractivity contribution in [3.05, 3.63) is 11.8 Å². The Bertz CT molecular complexity index is 473. The van der Waals surface area contributed by atoms with Crippen LogP contribution in [-0.4, -0.2) is 30.3 Å². The van der Waals surface area contributed by atoms with Crippen LogP contribution in [-0.2, 0) is 9.59 Å². The number of hydrogen-bond donors (Lipinski definition) is 0. The van der Waals surface area contributed by atoms with Crippen LogP contribution in [0.1, 0.15) is 45.3 Å². The molecule has 0 aliphatic carbocycles. The van der Waals surface area contributed by atoms with Gasteiger partial charge in [0.05, 0.1) is 5.92 Å². The number of piperidine rings is 1. The third-order valence-electron chi connectivity index (χ3n) is 3.98. The summed E-state index contributed by atoms with van der Waals surface area (Å²) in [4.78, 5) is 24.6. The highest BCUT2D eigenvalue weighted by Crippen LogP contribution is 2.29. The number of carbonyl (C=O) groups is 2. The van der Waals surface area contributed by atoms with Gasteiger partial charge in [-0.15, -0.1) is 0 Å². The molecule has 0 spiro atoms. The van der Waals surface area contributed by atoms with Gasteiger partial charge in [0.25, 0.3) is 0 Å². The number of Topliss-reactive ketones (excluding diaryl/α,β-unsaturated/α-hetero) is 1. The van der Waals surface area contributed by atoms with E-state index in [4.69, 9.17) is 4.52 Å². The van der Waals surface area contributed by atoms with E-state index in [2.05, 4.69) is 10.1 Å². The summed E-state index contributed by atoms with van der Waals surface area (Å²) >= 11 is 0. The van der Waals surface area contributed by atoms with Crippen LogP contribution in [0.5, 0.6) is 0 Å². The van der Waals surface area contributed by atoms with E-state index in [1.807, 2.05) is 19.9 Å². The summed E-state index contributed by atoms with van der Waals surface area (Å²) in [5.41, 5.74) is 0. The van der Waals surface area contributed by atoms with Crippen LogP contribution < -0.4 is 4.90 Å². The minimum atomic E-state index is -0.233. The molecule has 1 saturated heterocycles. The Hall–Kier alpha value is -1.65. The maximum atomic E-state index is 11.7. The molecule has 1 aliphatic rings. The summed E-state index contributed by atoms with van der Waals surface area (Å²) in [6.07, 6.45) is 2.74. The molecule has 0 N–H and O–H groups in total. The van der Waals surface area contributed by atoms with Gasteiger partial charge in [0.2, 0.25) is 0 Å². The summed E-state index contributed by atoms with van der Waals surface area (Å²) in [6.45, 7) is 7.21. The first-order valence-electron chi connectivity index (χ1n) is 7.20. The predicted molar refractivity (Wildman–Crippen MR) is 75.8 cm³/mol. The van der Waals surface area contributed by atoms with Crippen molar-refractivity contribution < 1.29 is 14.1 Å². The topological polar surface area (TPSA) is 63.4 Å². The summed E-state index contributed by atoms with van der Waals surface area (Å²) in [7, 11) is 0. The molecule has 5 heteroatoms. The number of hydrogen-bond acceptors (Lipinski definition) is 5. The van der Waals surface area contributed by atoms with E-state index in [-0.39, 0.29) is 23.5 Å². The smallest absolute Gasteiger partial charge is 0.172 e. The lowest BCUT2D eigenvalue weighted by atomic mass is 9.90. The Morgan fingerprint density at radius 1 is 1.45 bits per heavy atom. The van der Waals surface area contributed by atoms with Crippen LogP contribution in [0, 0.1) is 11.8 Å². The van der Waals surface area contributed by atoms with E-state index in [0.717, 1.165) is 38.0 Å². The van der Waals surface area contributed by atoms with Crippen molar-refractivity contribution in [2.24, 2.45) is 11.8 Å². The zero-order chi connectivity index (χ0) is 14.7. The normalized spacial score (nSPS) is 18.3. The summed E-state index contributed by atoms with van der Waals surface area (Å²) < 4.78 is 5.37. The third kappa shape index (κ3) is 3.08. The largest absolute Gasteiger partial charge is 0.358 e. The highest BCUT2D eigenvalue weighted by Gasteiger charge is 2.27. The Morgan fingerprint density at radius 3 is 2.60 bits per heavy atom. The molecule has 0 radical (unpaired) electrons. The molecule has 20 heavy (non-hydrogen) atoms.